The fourth-order valence-corrected chi connectivity index (χ4v) is 6.43. The van der Waals surface area contributed by atoms with Gasteiger partial charge in [0.2, 0.25) is 15.9 Å². The van der Waals surface area contributed by atoms with E-state index in [2.05, 4.69) is 30.8 Å². The zero-order chi connectivity index (χ0) is 21.1. The maximum atomic E-state index is 13.1. The summed E-state index contributed by atoms with van der Waals surface area (Å²) in [5.74, 6) is 0.785. The number of rotatable bonds is 4. The maximum Gasteiger partial charge on any atom is 0.244 e. The van der Waals surface area contributed by atoms with Crippen molar-refractivity contribution >= 4 is 37.7 Å². The highest BCUT2D eigenvalue weighted by atomic mass is 79.9. The van der Waals surface area contributed by atoms with Gasteiger partial charge in [-0.05, 0) is 40.9 Å². The lowest BCUT2D eigenvalue weighted by atomic mass is 9.96. The summed E-state index contributed by atoms with van der Waals surface area (Å²) in [7, 11) is -3.59. The fraction of sp³-hybridized carbons (Fsp3) is 0.450. The number of piperazine rings is 1. The Morgan fingerprint density at radius 1 is 1.07 bits per heavy atom. The van der Waals surface area contributed by atoms with E-state index < -0.39 is 10.0 Å². The lowest BCUT2D eigenvalue weighted by molar-refractivity contribution is -0.137. The third kappa shape index (κ3) is 4.35. The molecule has 2 saturated heterocycles. The molecule has 1 atom stereocenters. The fourth-order valence-electron chi connectivity index (χ4n) is 4.04. The molecule has 0 saturated carbocycles. The molecule has 30 heavy (non-hydrogen) atoms. The van der Waals surface area contributed by atoms with Gasteiger partial charge >= 0.3 is 0 Å². The van der Waals surface area contributed by atoms with Crippen LogP contribution in [-0.4, -0.2) is 72.8 Å². The smallest absolute Gasteiger partial charge is 0.244 e. The van der Waals surface area contributed by atoms with Gasteiger partial charge in [-0.2, -0.15) is 4.31 Å². The van der Waals surface area contributed by atoms with Gasteiger partial charge in [-0.15, -0.1) is 0 Å². The minimum absolute atomic E-state index is 0.0986. The lowest BCUT2D eigenvalue weighted by Crippen LogP contribution is -2.53. The Labute approximate surface area is 185 Å². The van der Waals surface area contributed by atoms with Crippen molar-refractivity contribution in [2.75, 3.05) is 44.2 Å². The van der Waals surface area contributed by atoms with E-state index in [0.717, 1.165) is 25.2 Å². The molecule has 1 amide bonds. The molecule has 2 fully saturated rings. The first kappa shape index (κ1) is 21.2. The van der Waals surface area contributed by atoms with Crippen LogP contribution < -0.4 is 4.90 Å². The van der Waals surface area contributed by atoms with Crippen molar-refractivity contribution in [3.05, 3.63) is 47.3 Å². The molecule has 0 radical (unpaired) electrons. The normalized spacial score (nSPS) is 20.9. The third-order valence-electron chi connectivity index (χ3n) is 5.65. The number of sulfonamides is 1. The van der Waals surface area contributed by atoms with E-state index in [-0.39, 0.29) is 16.7 Å². The number of carbonyl (C=O) groups is 1. The van der Waals surface area contributed by atoms with Crippen LogP contribution in [0.4, 0.5) is 5.82 Å². The van der Waals surface area contributed by atoms with Crippen LogP contribution in [0.25, 0.3) is 0 Å². The molecule has 1 unspecified atom stereocenters. The van der Waals surface area contributed by atoms with Crippen molar-refractivity contribution in [1.82, 2.24) is 19.2 Å². The van der Waals surface area contributed by atoms with Gasteiger partial charge < -0.3 is 9.80 Å². The van der Waals surface area contributed by atoms with E-state index in [1.807, 2.05) is 0 Å². The second-order valence-electron chi connectivity index (χ2n) is 7.51. The summed E-state index contributed by atoms with van der Waals surface area (Å²) < 4.78 is 27.9. The van der Waals surface area contributed by atoms with Crippen molar-refractivity contribution in [2.24, 2.45) is 5.92 Å². The molecule has 1 aromatic carbocycles. The van der Waals surface area contributed by atoms with Gasteiger partial charge in [-0.25, -0.2) is 13.4 Å². The molecule has 4 rings (SSSR count). The second-order valence-corrected chi connectivity index (χ2v) is 10.3. The van der Waals surface area contributed by atoms with E-state index in [4.69, 9.17) is 0 Å². The van der Waals surface area contributed by atoms with Crippen LogP contribution in [0, 0.1) is 5.92 Å². The van der Waals surface area contributed by atoms with E-state index in [0.29, 0.717) is 37.2 Å². The molecular weight excluding hydrogens is 470 g/mol. The summed E-state index contributed by atoms with van der Waals surface area (Å²) in [6, 6.07) is 6.82. The molecule has 2 aliphatic rings. The standard InChI is InChI=1S/C20H24BrN5O3S/c21-17-5-1-2-6-18(17)30(28,29)26-12-10-24(11-13-26)20(27)16-4-3-9-25(15-16)19-14-22-7-8-23-19/h1-2,5-8,14,16H,3-4,9-13,15H2. The number of amides is 1. The first-order valence-corrected chi connectivity index (χ1v) is 12.2. The molecule has 2 aromatic rings. The number of hydrogen-bond acceptors (Lipinski definition) is 6. The van der Waals surface area contributed by atoms with Crippen LogP contribution in [0.3, 0.4) is 0 Å². The quantitative estimate of drug-likeness (QED) is 0.647. The van der Waals surface area contributed by atoms with Gasteiger partial charge in [-0.1, -0.05) is 12.1 Å². The molecule has 8 nitrogen and oxygen atoms in total. The number of nitrogens with zero attached hydrogens (tertiary/aromatic N) is 5. The first-order chi connectivity index (χ1) is 14.5. The van der Waals surface area contributed by atoms with Gasteiger partial charge in [0.15, 0.2) is 0 Å². The topological polar surface area (TPSA) is 86.7 Å². The van der Waals surface area contributed by atoms with E-state index >= 15 is 0 Å². The summed E-state index contributed by atoms with van der Waals surface area (Å²) >= 11 is 3.33. The second kappa shape index (κ2) is 8.99. The highest BCUT2D eigenvalue weighted by Gasteiger charge is 2.35. The Bertz CT molecular complexity index is 997. The molecule has 10 heteroatoms. The molecule has 0 bridgehead atoms. The van der Waals surface area contributed by atoms with E-state index in [1.165, 1.54) is 4.31 Å². The average molecular weight is 494 g/mol. The molecule has 0 N–H and O–H groups in total. The Kier molecular flexibility index (Phi) is 6.35. The van der Waals surface area contributed by atoms with Crippen LogP contribution in [0.1, 0.15) is 12.8 Å². The largest absolute Gasteiger partial charge is 0.355 e. The highest BCUT2D eigenvalue weighted by Crippen LogP contribution is 2.27. The maximum absolute atomic E-state index is 13.1. The first-order valence-electron chi connectivity index (χ1n) is 10.0. The van der Waals surface area contributed by atoms with Crippen LogP contribution in [0.15, 0.2) is 52.2 Å². The number of halogens is 1. The van der Waals surface area contributed by atoms with Crippen LogP contribution in [0.5, 0.6) is 0 Å². The van der Waals surface area contributed by atoms with E-state index in [1.54, 1.807) is 47.8 Å². The SMILES string of the molecule is O=C(C1CCCN(c2cnccn2)C1)N1CCN(S(=O)(=O)c2ccccc2Br)CC1. The van der Waals surface area contributed by atoms with Crippen LogP contribution >= 0.6 is 15.9 Å². The molecule has 3 heterocycles. The molecule has 2 aliphatic heterocycles. The predicted octanol–water partition coefficient (Wildman–Crippen LogP) is 1.99. The van der Waals surface area contributed by atoms with Crippen molar-refractivity contribution in [1.29, 1.82) is 0 Å². The van der Waals surface area contributed by atoms with E-state index in [9.17, 15) is 13.2 Å². The number of aromatic nitrogens is 2. The summed E-state index contributed by atoms with van der Waals surface area (Å²) in [5.41, 5.74) is 0. The lowest BCUT2D eigenvalue weighted by Gasteiger charge is -2.38. The molecule has 1 aromatic heterocycles. The number of hydrogen-bond donors (Lipinski definition) is 0. The van der Waals surface area contributed by atoms with Crippen molar-refractivity contribution in [2.45, 2.75) is 17.7 Å². The molecule has 0 spiro atoms. The summed E-state index contributed by atoms with van der Waals surface area (Å²) in [6.45, 7) is 2.90. The number of piperidine rings is 1. The zero-order valence-electron chi connectivity index (χ0n) is 16.5. The minimum Gasteiger partial charge on any atom is -0.355 e. The van der Waals surface area contributed by atoms with Crippen molar-refractivity contribution in [3.63, 3.8) is 0 Å². The number of anilines is 1. The van der Waals surface area contributed by atoms with Crippen molar-refractivity contribution in [3.8, 4) is 0 Å². The zero-order valence-corrected chi connectivity index (χ0v) is 18.9. The summed E-state index contributed by atoms with van der Waals surface area (Å²) in [6.07, 6.45) is 6.77. The highest BCUT2D eigenvalue weighted by molar-refractivity contribution is 9.10. The Balaban J connectivity index is 1.38. The van der Waals surface area contributed by atoms with Gasteiger partial charge in [0.25, 0.3) is 0 Å². The number of benzene rings is 1. The molecule has 0 aliphatic carbocycles. The predicted molar refractivity (Wildman–Crippen MR) is 116 cm³/mol. The van der Waals surface area contributed by atoms with Gasteiger partial charge in [-0.3, -0.25) is 9.78 Å². The van der Waals surface area contributed by atoms with Crippen LogP contribution in [0.2, 0.25) is 0 Å². The van der Waals surface area contributed by atoms with Gasteiger partial charge in [0.1, 0.15) is 5.82 Å². The summed E-state index contributed by atoms with van der Waals surface area (Å²) in [5, 5.41) is 0. The summed E-state index contributed by atoms with van der Waals surface area (Å²) in [4.78, 5) is 25.7. The Morgan fingerprint density at radius 2 is 1.83 bits per heavy atom. The van der Waals surface area contributed by atoms with Crippen molar-refractivity contribution < 1.29 is 13.2 Å². The Morgan fingerprint density at radius 3 is 2.53 bits per heavy atom. The number of carbonyl (C=O) groups excluding carboxylic acids is 1. The van der Waals surface area contributed by atoms with Gasteiger partial charge in [0, 0.05) is 56.1 Å². The minimum atomic E-state index is -3.59. The molecular formula is C20H24BrN5O3S. The van der Waals surface area contributed by atoms with Crippen LogP contribution in [-0.2, 0) is 14.8 Å². The Hall–Kier alpha value is -2.04. The monoisotopic (exact) mass is 493 g/mol. The van der Waals surface area contributed by atoms with Gasteiger partial charge in [0.05, 0.1) is 17.0 Å². The average Bonchev–Trinajstić information content (AvgIpc) is 2.79. The third-order valence-corrected chi connectivity index (χ3v) is 8.56. The molecule has 160 valence electrons.